The fourth-order valence-electron chi connectivity index (χ4n) is 1.40. The lowest BCUT2D eigenvalue weighted by molar-refractivity contribution is -0.955. The van der Waals surface area contributed by atoms with Crippen molar-refractivity contribution in [2.45, 2.75) is 6.92 Å². The lowest BCUT2D eigenvalue weighted by atomic mass is 10.2. The first kappa shape index (κ1) is 7.27. The summed E-state index contributed by atoms with van der Waals surface area (Å²) < 4.78 is 0.866. The van der Waals surface area contributed by atoms with Gasteiger partial charge in [-0.1, -0.05) is 0 Å². The predicted molar refractivity (Wildman–Crippen MR) is 41.5 cm³/mol. The summed E-state index contributed by atoms with van der Waals surface area (Å²) in [6.45, 7) is 1.85. The topological polar surface area (TPSA) is 51.6 Å². The van der Waals surface area contributed by atoms with Crippen LogP contribution in [0.5, 0.6) is 0 Å². The quantitative estimate of drug-likeness (QED) is 0.312. The van der Waals surface area contributed by atoms with E-state index in [9.17, 15) is 10.4 Å². The summed E-state index contributed by atoms with van der Waals surface area (Å²) in [5, 5.41) is 20.4. The number of nitrogens with zero attached hydrogens (tertiary/aromatic N) is 1. The van der Waals surface area contributed by atoms with E-state index in [0.29, 0.717) is 5.82 Å². The molecule has 4 heteroatoms. The van der Waals surface area contributed by atoms with Crippen molar-refractivity contribution in [2.75, 3.05) is 0 Å². The van der Waals surface area contributed by atoms with E-state index >= 15 is 0 Å². The van der Waals surface area contributed by atoms with Crippen LogP contribution in [0.25, 0.3) is 5.57 Å². The lowest BCUT2D eigenvalue weighted by Crippen LogP contribution is -2.98. The minimum atomic E-state index is -0.134. The Balaban J connectivity index is 2.67. The minimum absolute atomic E-state index is 0.134. The van der Waals surface area contributed by atoms with Crippen LogP contribution in [0.4, 0.5) is 5.82 Å². The van der Waals surface area contributed by atoms with E-state index in [1.807, 2.05) is 13.0 Å². The average molecular weight is 165 g/mol. The maximum Gasteiger partial charge on any atom is 0.427 e. The standard InChI is InChI=1S/C8H9N2O2/c1-6-5-10(12)8-7(6)3-2-4-9(8)11/h2-5,10-11H,1H3/q+1. The summed E-state index contributed by atoms with van der Waals surface area (Å²) in [7, 11) is 0. The molecule has 0 aromatic carbocycles. The second kappa shape index (κ2) is 2.30. The molecule has 0 amide bonds. The van der Waals surface area contributed by atoms with Crippen LogP contribution in [-0.2, 0) is 0 Å². The molecule has 0 radical (unpaired) electrons. The fourth-order valence-corrected chi connectivity index (χ4v) is 1.40. The smallest absolute Gasteiger partial charge is 0.427 e. The Morgan fingerprint density at radius 3 is 3.00 bits per heavy atom. The van der Waals surface area contributed by atoms with Gasteiger partial charge >= 0.3 is 5.82 Å². The van der Waals surface area contributed by atoms with Crippen molar-refractivity contribution >= 4 is 11.4 Å². The molecule has 0 saturated carbocycles. The summed E-state index contributed by atoms with van der Waals surface area (Å²) in [5.74, 6) is 0.356. The van der Waals surface area contributed by atoms with Crippen molar-refractivity contribution in [1.82, 2.24) is 0 Å². The predicted octanol–water partition coefficient (Wildman–Crippen LogP) is -0.400. The van der Waals surface area contributed by atoms with Crippen LogP contribution in [0, 0.1) is 5.21 Å². The highest BCUT2D eigenvalue weighted by atomic mass is 16.5. The molecule has 0 bridgehead atoms. The molecule has 4 nitrogen and oxygen atoms in total. The van der Waals surface area contributed by atoms with Crippen molar-refractivity contribution in [3.63, 3.8) is 0 Å². The Hall–Kier alpha value is -1.39. The molecule has 1 aromatic rings. The number of allylic oxidation sites excluding steroid dienone is 1. The number of hydrogen-bond acceptors (Lipinski definition) is 2. The highest BCUT2D eigenvalue weighted by Gasteiger charge is 2.29. The van der Waals surface area contributed by atoms with E-state index in [1.165, 1.54) is 12.4 Å². The maximum atomic E-state index is 11.2. The Bertz CT molecular complexity index is 360. The summed E-state index contributed by atoms with van der Waals surface area (Å²) >= 11 is 0. The second-order valence-corrected chi connectivity index (χ2v) is 2.81. The minimum Gasteiger partial charge on any atom is -0.619 e. The molecule has 12 heavy (non-hydrogen) atoms. The Morgan fingerprint density at radius 1 is 1.58 bits per heavy atom. The Kier molecular flexibility index (Phi) is 1.39. The monoisotopic (exact) mass is 165 g/mol. The highest BCUT2D eigenvalue weighted by Crippen LogP contribution is 2.19. The Morgan fingerprint density at radius 2 is 2.33 bits per heavy atom. The molecule has 2 rings (SSSR count). The third kappa shape index (κ3) is 0.823. The van der Waals surface area contributed by atoms with E-state index in [0.717, 1.165) is 15.9 Å². The molecule has 1 unspecified atom stereocenters. The van der Waals surface area contributed by atoms with Crippen LogP contribution >= 0.6 is 0 Å². The van der Waals surface area contributed by atoms with Gasteiger partial charge in [0, 0.05) is 11.6 Å². The SMILES string of the molecule is CC1=C[NH+]([O-])c2c1ccc[n+]2O. The molecule has 1 aliphatic rings. The third-order valence-electron chi connectivity index (χ3n) is 1.98. The van der Waals surface area contributed by atoms with E-state index in [2.05, 4.69) is 0 Å². The van der Waals surface area contributed by atoms with Crippen LogP contribution in [0.3, 0.4) is 0 Å². The number of nitrogens with one attached hydrogen (secondary N) is 1. The summed E-state index contributed by atoms with van der Waals surface area (Å²) in [6.07, 6.45) is 2.97. The average Bonchev–Trinajstić information content (AvgIpc) is 2.29. The van der Waals surface area contributed by atoms with Crippen LogP contribution in [0.15, 0.2) is 24.5 Å². The molecule has 2 N–H and O–H groups in total. The molecule has 0 aliphatic carbocycles. The van der Waals surface area contributed by atoms with Crippen LogP contribution in [-0.4, -0.2) is 5.21 Å². The van der Waals surface area contributed by atoms with Crippen molar-refractivity contribution in [3.05, 3.63) is 35.3 Å². The maximum absolute atomic E-state index is 11.2. The van der Waals surface area contributed by atoms with E-state index in [-0.39, 0.29) is 5.06 Å². The Labute approximate surface area is 69.5 Å². The number of aromatic nitrogens is 1. The van der Waals surface area contributed by atoms with Crippen molar-refractivity contribution in [3.8, 4) is 0 Å². The first-order valence-electron chi connectivity index (χ1n) is 3.67. The number of hydroxylamine groups is 1. The van der Waals surface area contributed by atoms with Crippen LogP contribution in [0.2, 0.25) is 0 Å². The summed E-state index contributed by atoms with van der Waals surface area (Å²) in [4.78, 5) is 0. The van der Waals surface area contributed by atoms with E-state index in [4.69, 9.17) is 0 Å². The first-order chi connectivity index (χ1) is 5.70. The molecule has 0 spiro atoms. The normalized spacial score (nSPS) is 20.5. The second-order valence-electron chi connectivity index (χ2n) is 2.81. The number of hydrogen-bond donors (Lipinski definition) is 2. The number of rotatable bonds is 0. The van der Waals surface area contributed by atoms with Crippen LogP contribution < -0.4 is 9.79 Å². The molecular weight excluding hydrogens is 156 g/mol. The largest absolute Gasteiger partial charge is 0.619 e. The molecule has 1 aliphatic heterocycles. The zero-order chi connectivity index (χ0) is 8.72. The van der Waals surface area contributed by atoms with Gasteiger partial charge in [0.05, 0.1) is 4.73 Å². The lowest BCUT2D eigenvalue weighted by Gasteiger charge is -2.06. The van der Waals surface area contributed by atoms with Crippen molar-refractivity contribution in [2.24, 2.45) is 0 Å². The van der Waals surface area contributed by atoms with Crippen LogP contribution in [0.1, 0.15) is 12.5 Å². The summed E-state index contributed by atoms with van der Waals surface area (Å²) in [6, 6.07) is 3.52. The molecular formula is C8H9N2O2+. The number of quaternary nitrogens is 1. The summed E-state index contributed by atoms with van der Waals surface area (Å²) in [5.41, 5.74) is 1.71. The van der Waals surface area contributed by atoms with Gasteiger partial charge in [-0.25, -0.2) is 0 Å². The van der Waals surface area contributed by atoms with Gasteiger partial charge in [0.15, 0.2) is 0 Å². The van der Waals surface area contributed by atoms with E-state index in [1.54, 1.807) is 6.07 Å². The zero-order valence-corrected chi connectivity index (χ0v) is 6.61. The molecule has 1 atom stereocenters. The van der Waals surface area contributed by atoms with Gasteiger partial charge < -0.3 is 5.21 Å². The molecule has 1 aromatic heterocycles. The fraction of sp³-hybridized carbons (Fsp3) is 0.125. The molecule has 62 valence electrons. The van der Waals surface area contributed by atoms with Gasteiger partial charge in [0.1, 0.15) is 11.8 Å². The van der Waals surface area contributed by atoms with Gasteiger partial charge in [-0.3, -0.25) is 10.3 Å². The van der Waals surface area contributed by atoms with Gasteiger partial charge in [-0.15, -0.1) is 0 Å². The van der Waals surface area contributed by atoms with Gasteiger partial charge in [-0.05, 0) is 13.0 Å². The molecule has 0 fully saturated rings. The molecule has 2 heterocycles. The number of pyridine rings is 1. The third-order valence-corrected chi connectivity index (χ3v) is 1.98. The highest BCUT2D eigenvalue weighted by molar-refractivity contribution is 5.70. The van der Waals surface area contributed by atoms with Gasteiger partial charge in [0.2, 0.25) is 6.20 Å². The van der Waals surface area contributed by atoms with Crippen molar-refractivity contribution < 1.29 is 15.0 Å². The molecule has 0 saturated heterocycles. The van der Waals surface area contributed by atoms with Gasteiger partial charge in [-0.2, -0.15) is 0 Å². The van der Waals surface area contributed by atoms with Crippen molar-refractivity contribution in [1.29, 1.82) is 0 Å². The van der Waals surface area contributed by atoms with E-state index < -0.39 is 0 Å². The zero-order valence-electron chi connectivity index (χ0n) is 6.61. The first-order valence-corrected chi connectivity index (χ1v) is 3.67. The van der Waals surface area contributed by atoms with Gasteiger partial charge in [0.25, 0.3) is 0 Å². The number of fused-ring (bicyclic) bond motifs is 1.